The molecule has 0 rings (SSSR count). The van der Waals surface area contributed by atoms with Gasteiger partial charge in [0.2, 0.25) is 0 Å². The smallest absolute Gasteiger partial charge is 0.00515 e. The summed E-state index contributed by atoms with van der Waals surface area (Å²) in [6, 6.07) is 0. The summed E-state index contributed by atoms with van der Waals surface area (Å²) in [6.45, 7) is 5.27. The van der Waals surface area contributed by atoms with E-state index in [1.807, 2.05) is 11.8 Å². The lowest BCUT2D eigenvalue weighted by atomic mass is 10.1. The van der Waals surface area contributed by atoms with Crippen LogP contribution in [0, 0.1) is 5.92 Å². The molecule has 0 fully saturated rings. The summed E-state index contributed by atoms with van der Waals surface area (Å²) in [5.41, 5.74) is 5.48. The van der Waals surface area contributed by atoms with Crippen molar-refractivity contribution in [3.05, 3.63) is 0 Å². The Morgan fingerprint density at radius 3 is 2.70 bits per heavy atom. The highest BCUT2D eigenvalue weighted by Crippen LogP contribution is 2.08. The molecule has 0 saturated carbocycles. The van der Waals surface area contributed by atoms with Gasteiger partial charge < -0.3 is 5.73 Å². The molecule has 0 amide bonds. The summed E-state index contributed by atoms with van der Waals surface area (Å²) >= 11 is 2.02. The molecule has 0 saturated heterocycles. The molecule has 0 heterocycles. The highest BCUT2D eigenvalue weighted by molar-refractivity contribution is 7.99. The van der Waals surface area contributed by atoms with Crippen LogP contribution in [0.25, 0.3) is 0 Å². The fraction of sp³-hybridized carbons (Fsp3) is 1.00. The number of thioether (sulfide) groups is 1. The van der Waals surface area contributed by atoms with Crippen molar-refractivity contribution >= 4 is 11.8 Å². The van der Waals surface area contributed by atoms with Gasteiger partial charge in [-0.1, -0.05) is 13.8 Å². The molecule has 0 bridgehead atoms. The van der Waals surface area contributed by atoms with Crippen LogP contribution in [-0.4, -0.2) is 18.1 Å². The summed E-state index contributed by atoms with van der Waals surface area (Å²) in [5.74, 6) is 3.27. The van der Waals surface area contributed by atoms with E-state index in [9.17, 15) is 0 Å². The molecule has 0 aromatic rings. The van der Waals surface area contributed by atoms with Crippen LogP contribution >= 0.6 is 11.8 Å². The Hall–Kier alpha value is 0.310. The molecule has 1 atom stereocenters. The average molecular weight is 161 g/mol. The Morgan fingerprint density at radius 1 is 1.50 bits per heavy atom. The van der Waals surface area contributed by atoms with Crippen molar-refractivity contribution in [3.63, 3.8) is 0 Å². The van der Waals surface area contributed by atoms with Crippen molar-refractivity contribution in [2.45, 2.75) is 26.7 Å². The van der Waals surface area contributed by atoms with Crippen LogP contribution in [0.15, 0.2) is 0 Å². The molecule has 0 aliphatic carbocycles. The van der Waals surface area contributed by atoms with Crippen LogP contribution in [0.5, 0.6) is 0 Å². The zero-order chi connectivity index (χ0) is 7.82. The fourth-order valence-electron chi connectivity index (χ4n) is 0.796. The monoisotopic (exact) mass is 161 g/mol. The van der Waals surface area contributed by atoms with Crippen LogP contribution in [0.4, 0.5) is 0 Å². The van der Waals surface area contributed by atoms with Crippen LogP contribution in [-0.2, 0) is 0 Å². The van der Waals surface area contributed by atoms with E-state index in [0.717, 1.165) is 12.5 Å². The van der Waals surface area contributed by atoms with Crippen LogP contribution < -0.4 is 5.73 Å². The summed E-state index contributed by atoms with van der Waals surface area (Å²) in [4.78, 5) is 0. The predicted molar refractivity (Wildman–Crippen MR) is 50.5 cm³/mol. The maximum Gasteiger partial charge on any atom is -0.00515 e. The Labute approximate surface area is 68.8 Å². The lowest BCUT2D eigenvalue weighted by Crippen LogP contribution is -2.10. The molecular formula is C8H19NS. The van der Waals surface area contributed by atoms with Gasteiger partial charge in [0, 0.05) is 0 Å². The largest absolute Gasteiger partial charge is 0.330 e. The van der Waals surface area contributed by atoms with Gasteiger partial charge in [-0.2, -0.15) is 11.8 Å². The first kappa shape index (κ1) is 10.3. The van der Waals surface area contributed by atoms with Gasteiger partial charge in [-0.15, -0.1) is 0 Å². The van der Waals surface area contributed by atoms with E-state index in [-0.39, 0.29) is 0 Å². The quantitative estimate of drug-likeness (QED) is 0.604. The predicted octanol–water partition coefficient (Wildman–Crippen LogP) is 2.11. The Morgan fingerprint density at radius 2 is 2.20 bits per heavy atom. The minimum absolute atomic E-state index is 0.720. The van der Waals surface area contributed by atoms with Gasteiger partial charge >= 0.3 is 0 Å². The molecule has 1 nitrogen and oxygen atoms in total. The number of hydrogen-bond donors (Lipinski definition) is 1. The van der Waals surface area contributed by atoms with E-state index in [1.54, 1.807) is 0 Å². The van der Waals surface area contributed by atoms with Crippen LogP contribution in [0.2, 0.25) is 0 Å². The highest BCUT2D eigenvalue weighted by Gasteiger charge is 1.96. The topological polar surface area (TPSA) is 26.0 Å². The summed E-state index contributed by atoms with van der Waals surface area (Å²) in [7, 11) is 0. The molecule has 2 N–H and O–H groups in total. The number of hydrogen-bond acceptors (Lipinski definition) is 2. The first-order valence-corrected chi connectivity index (χ1v) is 5.24. The second-order valence-electron chi connectivity index (χ2n) is 2.68. The molecule has 10 heavy (non-hydrogen) atoms. The molecule has 0 aliphatic heterocycles. The van der Waals surface area contributed by atoms with Gasteiger partial charge in [-0.05, 0) is 36.8 Å². The molecule has 0 aromatic heterocycles. The Kier molecular flexibility index (Phi) is 7.65. The second-order valence-corrected chi connectivity index (χ2v) is 4.07. The maximum atomic E-state index is 5.48. The molecule has 62 valence electrons. The first-order valence-electron chi connectivity index (χ1n) is 4.09. The lowest BCUT2D eigenvalue weighted by Gasteiger charge is -2.06. The summed E-state index contributed by atoms with van der Waals surface area (Å²) < 4.78 is 0. The third-order valence-electron chi connectivity index (χ3n) is 1.59. The highest BCUT2D eigenvalue weighted by atomic mass is 32.2. The SMILES string of the molecule is CCSCCCC(C)CN. The molecule has 0 aromatic carbocycles. The van der Waals surface area contributed by atoms with Crippen LogP contribution in [0.3, 0.4) is 0 Å². The third-order valence-corrected chi connectivity index (χ3v) is 2.58. The minimum Gasteiger partial charge on any atom is -0.330 e. The van der Waals surface area contributed by atoms with Gasteiger partial charge in [0.25, 0.3) is 0 Å². The average Bonchev–Trinajstić information content (AvgIpc) is 1.98. The van der Waals surface area contributed by atoms with Gasteiger partial charge in [-0.3, -0.25) is 0 Å². The van der Waals surface area contributed by atoms with E-state index in [0.29, 0.717) is 0 Å². The molecule has 0 spiro atoms. The molecule has 1 unspecified atom stereocenters. The van der Waals surface area contributed by atoms with Crippen molar-refractivity contribution in [1.29, 1.82) is 0 Å². The minimum atomic E-state index is 0.720. The normalized spacial score (nSPS) is 13.5. The summed E-state index contributed by atoms with van der Waals surface area (Å²) in [6.07, 6.45) is 2.63. The zero-order valence-electron chi connectivity index (χ0n) is 7.10. The first-order chi connectivity index (χ1) is 4.81. The van der Waals surface area contributed by atoms with Gasteiger partial charge in [0.15, 0.2) is 0 Å². The molecular weight excluding hydrogens is 142 g/mol. The Balaban J connectivity index is 2.89. The zero-order valence-corrected chi connectivity index (χ0v) is 7.91. The van der Waals surface area contributed by atoms with Crippen molar-refractivity contribution in [2.75, 3.05) is 18.1 Å². The number of rotatable bonds is 6. The lowest BCUT2D eigenvalue weighted by molar-refractivity contribution is 0.539. The van der Waals surface area contributed by atoms with Crippen molar-refractivity contribution < 1.29 is 0 Å². The third kappa shape index (κ3) is 6.43. The molecule has 0 aliphatic rings. The van der Waals surface area contributed by atoms with E-state index < -0.39 is 0 Å². The second kappa shape index (κ2) is 7.42. The van der Waals surface area contributed by atoms with Gasteiger partial charge in [-0.25, -0.2) is 0 Å². The van der Waals surface area contributed by atoms with Crippen molar-refractivity contribution in [2.24, 2.45) is 11.7 Å². The van der Waals surface area contributed by atoms with E-state index in [1.165, 1.54) is 24.3 Å². The maximum absolute atomic E-state index is 5.48. The van der Waals surface area contributed by atoms with Gasteiger partial charge in [0.1, 0.15) is 0 Å². The fourth-order valence-corrected chi connectivity index (χ4v) is 1.46. The van der Waals surface area contributed by atoms with Gasteiger partial charge in [0.05, 0.1) is 0 Å². The summed E-state index contributed by atoms with van der Waals surface area (Å²) in [5, 5.41) is 0. The number of nitrogens with two attached hydrogens (primary N) is 1. The molecule has 2 heteroatoms. The van der Waals surface area contributed by atoms with E-state index in [4.69, 9.17) is 5.73 Å². The van der Waals surface area contributed by atoms with E-state index >= 15 is 0 Å². The standard InChI is InChI=1S/C8H19NS/c1-3-10-6-4-5-8(2)7-9/h8H,3-7,9H2,1-2H3. The van der Waals surface area contributed by atoms with Crippen LogP contribution in [0.1, 0.15) is 26.7 Å². The van der Waals surface area contributed by atoms with Crippen molar-refractivity contribution in [1.82, 2.24) is 0 Å². The molecule has 0 radical (unpaired) electrons. The van der Waals surface area contributed by atoms with E-state index in [2.05, 4.69) is 13.8 Å². The Bertz CT molecular complexity index is 66.3. The van der Waals surface area contributed by atoms with Crippen molar-refractivity contribution in [3.8, 4) is 0 Å².